The topological polar surface area (TPSA) is 63.4 Å². The molecule has 1 saturated heterocycles. The molecule has 136 valence electrons. The molecule has 1 aliphatic heterocycles. The molecule has 0 radical (unpaired) electrons. The monoisotopic (exact) mass is 369 g/mol. The lowest BCUT2D eigenvalue weighted by atomic mass is 10.0. The number of hydrogen-bond acceptors (Lipinski definition) is 5. The zero-order valence-electron chi connectivity index (χ0n) is 15.4. The van der Waals surface area contributed by atoms with E-state index in [0.717, 1.165) is 41.2 Å². The van der Waals surface area contributed by atoms with Crippen molar-refractivity contribution in [2.75, 3.05) is 6.54 Å². The maximum absolute atomic E-state index is 12.9. The van der Waals surface area contributed by atoms with Gasteiger partial charge in [0.25, 0.3) is 5.78 Å². The molecule has 26 heavy (non-hydrogen) atoms. The van der Waals surface area contributed by atoms with E-state index in [2.05, 4.69) is 22.0 Å². The first-order chi connectivity index (χ1) is 12.5. The maximum atomic E-state index is 12.9. The Labute approximate surface area is 156 Å². The van der Waals surface area contributed by atoms with E-state index in [1.807, 2.05) is 36.3 Å². The Kier molecular flexibility index (Phi) is 4.48. The van der Waals surface area contributed by atoms with Crippen molar-refractivity contribution in [3.63, 3.8) is 0 Å². The summed E-state index contributed by atoms with van der Waals surface area (Å²) in [6.07, 6.45) is 3.77. The van der Waals surface area contributed by atoms with Crippen molar-refractivity contribution in [2.24, 2.45) is 0 Å². The summed E-state index contributed by atoms with van der Waals surface area (Å²) in [4.78, 5) is 25.1. The number of fused-ring (bicyclic) bond motifs is 1. The molecule has 1 amide bonds. The number of thiophene rings is 1. The summed E-state index contributed by atoms with van der Waals surface area (Å²) >= 11 is 1.61. The number of hydrogen-bond donors (Lipinski definition) is 0. The second-order valence-electron chi connectivity index (χ2n) is 6.99. The Bertz CT molecular complexity index is 947. The van der Waals surface area contributed by atoms with E-state index in [0.29, 0.717) is 24.1 Å². The predicted octanol–water partition coefficient (Wildman–Crippen LogP) is 3.41. The summed E-state index contributed by atoms with van der Waals surface area (Å²) in [5.74, 6) is 1.46. The van der Waals surface area contributed by atoms with E-state index in [1.54, 1.807) is 15.9 Å². The van der Waals surface area contributed by atoms with Crippen molar-refractivity contribution >= 4 is 23.0 Å². The van der Waals surface area contributed by atoms with Gasteiger partial charge in [-0.3, -0.25) is 4.79 Å². The first kappa shape index (κ1) is 17.1. The lowest BCUT2D eigenvalue weighted by Gasteiger charge is -2.33. The summed E-state index contributed by atoms with van der Waals surface area (Å²) < 4.78 is 1.77. The highest BCUT2D eigenvalue weighted by Crippen LogP contribution is 2.24. The van der Waals surface area contributed by atoms with Crippen LogP contribution in [0.1, 0.15) is 43.1 Å². The van der Waals surface area contributed by atoms with E-state index in [1.165, 1.54) is 6.42 Å². The van der Waals surface area contributed by atoms with Gasteiger partial charge in [0.2, 0.25) is 5.91 Å². The van der Waals surface area contributed by atoms with Gasteiger partial charge in [-0.25, -0.2) is 9.50 Å². The molecule has 0 aliphatic carbocycles. The van der Waals surface area contributed by atoms with E-state index in [9.17, 15) is 4.79 Å². The Hall–Kier alpha value is -2.28. The van der Waals surface area contributed by atoms with Gasteiger partial charge in [0, 0.05) is 29.5 Å². The van der Waals surface area contributed by atoms with E-state index < -0.39 is 0 Å². The summed E-state index contributed by atoms with van der Waals surface area (Å²) in [7, 11) is 0. The second kappa shape index (κ2) is 6.79. The molecule has 4 heterocycles. The van der Waals surface area contributed by atoms with Crippen molar-refractivity contribution < 1.29 is 4.79 Å². The number of likely N-dealkylation sites (tertiary alicyclic amines) is 1. The van der Waals surface area contributed by atoms with Crippen LogP contribution in [0, 0.1) is 13.8 Å². The molecule has 0 bridgehead atoms. The number of nitrogens with zero attached hydrogens (tertiary/aromatic N) is 5. The molecule has 3 aromatic heterocycles. The van der Waals surface area contributed by atoms with Gasteiger partial charge in [-0.05, 0) is 51.5 Å². The Morgan fingerprint density at radius 2 is 2.15 bits per heavy atom. The Morgan fingerprint density at radius 1 is 1.31 bits per heavy atom. The molecule has 0 saturated carbocycles. The van der Waals surface area contributed by atoms with Gasteiger partial charge >= 0.3 is 0 Å². The Morgan fingerprint density at radius 3 is 2.88 bits per heavy atom. The summed E-state index contributed by atoms with van der Waals surface area (Å²) in [6, 6.07) is 4.32. The minimum absolute atomic E-state index is 0.183. The number of rotatable bonds is 3. The van der Waals surface area contributed by atoms with Gasteiger partial charge in [-0.1, -0.05) is 6.07 Å². The van der Waals surface area contributed by atoms with Crippen molar-refractivity contribution in [1.29, 1.82) is 0 Å². The summed E-state index contributed by atoms with van der Waals surface area (Å²) in [5.41, 5.74) is 2.77. The standard InChI is InChI=1S/C19H23N5OS/c1-12-7-4-5-9-23(12)17(25)11-15-13(2)20-19-21-18(16-8-6-10-26-16)22-24(19)14(15)3/h6,8,10,12H,4-5,7,9,11H2,1-3H3. The van der Waals surface area contributed by atoms with Crippen LogP contribution in [0.15, 0.2) is 17.5 Å². The van der Waals surface area contributed by atoms with E-state index >= 15 is 0 Å². The van der Waals surface area contributed by atoms with Crippen molar-refractivity contribution in [2.45, 2.75) is 52.5 Å². The van der Waals surface area contributed by atoms with Crippen molar-refractivity contribution in [1.82, 2.24) is 24.5 Å². The average molecular weight is 369 g/mol. The highest BCUT2D eigenvalue weighted by atomic mass is 32.1. The SMILES string of the molecule is Cc1nc2nc(-c3cccs3)nn2c(C)c1CC(=O)N1CCCCC1C. The molecule has 0 spiro atoms. The first-order valence-corrected chi connectivity index (χ1v) is 9.98. The van der Waals surface area contributed by atoms with Gasteiger partial charge in [-0.2, -0.15) is 4.98 Å². The van der Waals surface area contributed by atoms with Crippen LogP contribution in [-0.2, 0) is 11.2 Å². The molecule has 1 fully saturated rings. The average Bonchev–Trinajstić information content (AvgIpc) is 3.28. The fraction of sp³-hybridized carbons (Fsp3) is 0.474. The number of carbonyl (C=O) groups is 1. The first-order valence-electron chi connectivity index (χ1n) is 9.11. The van der Waals surface area contributed by atoms with Gasteiger partial charge in [0.1, 0.15) is 0 Å². The number of carbonyl (C=O) groups excluding carboxylic acids is 1. The second-order valence-corrected chi connectivity index (χ2v) is 7.94. The van der Waals surface area contributed by atoms with Crippen LogP contribution in [0.25, 0.3) is 16.5 Å². The molecule has 1 atom stereocenters. The smallest absolute Gasteiger partial charge is 0.253 e. The zero-order valence-corrected chi connectivity index (χ0v) is 16.2. The molecule has 0 N–H and O–H groups in total. The normalized spacial score (nSPS) is 17.8. The van der Waals surface area contributed by atoms with Crippen LogP contribution in [0.5, 0.6) is 0 Å². The molecule has 7 heteroatoms. The van der Waals surface area contributed by atoms with Crippen molar-refractivity contribution in [3.05, 3.63) is 34.5 Å². The molecular formula is C19H23N5OS. The third-order valence-corrected chi connectivity index (χ3v) is 6.11. The third kappa shape index (κ3) is 3.00. The molecular weight excluding hydrogens is 346 g/mol. The maximum Gasteiger partial charge on any atom is 0.253 e. The third-order valence-electron chi connectivity index (χ3n) is 5.24. The van der Waals surface area contributed by atoms with Crippen LogP contribution in [0.2, 0.25) is 0 Å². The van der Waals surface area contributed by atoms with E-state index in [4.69, 9.17) is 0 Å². The Balaban J connectivity index is 1.67. The molecule has 1 unspecified atom stereocenters. The number of piperidine rings is 1. The number of amides is 1. The van der Waals surface area contributed by atoms with Crippen LogP contribution in [-0.4, -0.2) is 43.0 Å². The highest BCUT2D eigenvalue weighted by molar-refractivity contribution is 7.13. The summed E-state index contributed by atoms with van der Waals surface area (Å²) in [6.45, 7) is 6.95. The van der Waals surface area contributed by atoms with Crippen LogP contribution in [0.3, 0.4) is 0 Å². The fourth-order valence-corrected chi connectivity index (χ4v) is 4.35. The fourth-order valence-electron chi connectivity index (χ4n) is 3.70. The predicted molar refractivity (Wildman–Crippen MR) is 102 cm³/mol. The van der Waals surface area contributed by atoms with Crippen LogP contribution in [0.4, 0.5) is 0 Å². The van der Waals surface area contributed by atoms with Gasteiger partial charge < -0.3 is 4.90 Å². The molecule has 3 aromatic rings. The van der Waals surface area contributed by atoms with E-state index in [-0.39, 0.29) is 5.91 Å². The molecule has 4 rings (SSSR count). The van der Waals surface area contributed by atoms with Gasteiger partial charge in [0.05, 0.1) is 11.3 Å². The minimum atomic E-state index is 0.183. The van der Waals surface area contributed by atoms with Crippen molar-refractivity contribution in [3.8, 4) is 10.7 Å². The van der Waals surface area contributed by atoms with Gasteiger partial charge in [-0.15, -0.1) is 16.4 Å². The molecule has 6 nitrogen and oxygen atoms in total. The number of aromatic nitrogens is 4. The lowest BCUT2D eigenvalue weighted by Crippen LogP contribution is -2.43. The number of aryl methyl sites for hydroxylation is 2. The van der Waals surface area contributed by atoms with Crippen LogP contribution < -0.4 is 0 Å². The zero-order chi connectivity index (χ0) is 18.3. The highest BCUT2D eigenvalue weighted by Gasteiger charge is 2.25. The van der Waals surface area contributed by atoms with Crippen LogP contribution >= 0.6 is 11.3 Å². The molecule has 1 aliphatic rings. The largest absolute Gasteiger partial charge is 0.340 e. The van der Waals surface area contributed by atoms with Gasteiger partial charge in [0.15, 0.2) is 5.82 Å². The minimum Gasteiger partial charge on any atom is -0.340 e. The molecule has 0 aromatic carbocycles. The lowest BCUT2D eigenvalue weighted by molar-refractivity contribution is -0.133. The summed E-state index contributed by atoms with van der Waals surface area (Å²) in [5, 5.41) is 6.63. The quantitative estimate of drug-likeness (QED) is 0.710.